The summed E-state index contributed by atoms with van der Waals surface area (Å²) >= 11 is 1.24. The second kappa shape index (κ2) is 8.26. The summed E-state index contributed by atoms with van der Waals surface area (Å²) in [6.07, 6.45) is 1.43. The van der Waals surface area contributed by atoms with E-state index in [0.717, 1.165) is 12.1 Å². The Hall–Kier alpha value is -3.80. The maximum absolute atomic E-state index is 11.2. The molecule has 0 atom stereocenters. The maximum Gasteiger partial charge on any atom is 0.318 e. The van der Waals surface area contributed by atoms with Gasteiger partial charge in [-0.2, -0.15) is 5.10 Å². The minimum atomic E-state index is -0.753. The average Bonchev–Trinajstić information content (AvgIpc) is 3.07. The third-order valence-electron chi connectivity index (χ3n) is 3.38. The molecule has 1 fully saturated rings. The van der Waals surface area contributed by atoms with Gasteiger partial charge in [0, 0.05) is 6.07 Å². The van der Waals surface area contributed by atoms with E-state index in [1.807, 2.05) is 0 Å². The van der Waals surface area contributed by atoms with Crippen LogP contribution in [0.3, 0.4) is 0 Å². The van der Waals surface area contributed by atoms with Crippen LogP contribution in [0.5, 0.6) is 11.5 Å². The lowest BCUT2D eigenvalue weighted by Crippen LogP contribution is -2.19. The molecule has 1 aliphatic heterocycles. The van der Waals surface area contributed by atoms with Crippen LogP contribution in [0.25, 0.3) is 0 Å². The molecule has 0 bridgehead atoms. The highest BCUT2D eigenvalue weighted by Crippen LogP contribution is 2.34. The molecule has 1 aliphatic rings. The Morgan fingerprint density at radius 2 is 1.96 bits per heavy atom. The zero-order valence-electron chi connectivity index (χ0n) is 14.0. The summed E-state index contributed by atoms with van der Waals surface area (Å²) in [6.45, 7) is 0. The van der Waals surface area contributed by atoms with Gasteiger partial charge in [-0.1, -0.05) is 23.9 Å². The van der Waals surface area contributed by atoms with Gasteiger partial charge in [0.2, 0.25) is 11.7 Å². The molecule has 0 saturated carbocycles. The Kier molecular flexibility index (Phi) is 5.60. The third kappa shape index (κ3) is 4.67. The number of rotatable bonds is 6. The number of non-ortho nitro benzene ring substituents is 1. The van der Waals surface area contributed by atoms with Crippen molar-refractivity contribution in [1.82, 2.24) is 5.32 Å². The summed E-state index contributed by atoms with van der Waals surface area (Å²) in [7, 11) is 0. The van der Waals surface area contributed by atoms with Crippen molar-refractivity contribution in [2.75, 3.05) is 5.75 Å². The molecule has 0 unspecified atom stereocenters. The van der Waals surface area contributed by atoms with Gasteiger partial charge in [-0.3, -0.25) is 25.0 Å². The quantitative estimate of drug-likeness (QED) is 0.444. The first-order valence-corrected chi connectivity index (χ1v) is 8.65. The van der Waals surface area contributed by atoms with Crippen molar-refractivity contribution in [3.8, 4) is 11.5 Å². The van der Waals surface area contributed by atoms with E-state index in [9.17, 15) is 25.0 Å². The van der Waals surface area contributed by atoms with E-state index in [1.165, 1.54) is 24.0 Å². The highest BCUT2D eigenvalue weighted by Gasteiger charge is 2.21. The summed E-state index contributed by atoms with van der Waals surface area (Å²) < 4.78 is 5.52. The lowest BCUT2D eigenvalue weighted by atomic mass is 10.2. The molecular weight excluding hydrogens is 390 g/mol. The lowest BCUT2D eigenvalue weighted by molar-refractivity contribution is -0.394. The van der Waals surface area contributed by atoms with E-state index in [0.29, 0.717) is 16.5 Å². The largest absolute Gasteiger partial charge is 0.450 e. The number of hydrogen-bond donors (Lipinski definition) is 1. The predicted octanol–water partition coefficient (Wildman–Crippen LogP) is 2.85. The standard InChI is InChI=1S/C16H11N5O6S/c22-15-9-28-16(18-15)19-17-8-10-2-1-3-12(6-10)27-14-5-4-11(20(23)24)7-13(14)21(25)26/h1-8H,9H2,(H,18,19,22). The number of carbonyl (C=O) groups is 1. The molecular formula is C16H11N5O6S. The molecule has 11 nitrogen and oxygen atoms in total. The molecule has 28 heavy (non-hydrogen) atoms. The Morgan fingerprint density at radius 3 is 2.64 bits per heavy atom. The van der Waals surface area contributed by atoms with E-state index < -0.39 is 21.2 Å². The van der Waals surface area contributed by atoms with E-state index >= 15 is 0 Å². The molecule has 0 spiro atoms. The lowest BCUT2D eigenvalue weighted by Gasteiger charge is -2.06. The van der Waals surface area contributed by atoms with Gasteiger partial charge in [-0.25, -0.2) is 0 Å². The van der Waals surface area contributed by atoms with Crippen molar-refractivity contribution >= 4 is 40.4 Å². The van der Waals surface area contributed by atoms with Gasteiger partial charge >= 0.3 is 5.69 Å². The molecule has 0 aliphatic carbocycles. The first-order chi connectivity index (χ1) is 13.4. The van der Waals surface area contributed by atoms with Crippen LogP contribution in [0.15, 0.2) is 52.7 Å². The SMILES string of the molecule is O=C1CSC(=NN=Cc2cccc(Oc3ccc([N+](=O)[O-])cc3[N+](=O)[O-])c2)N1. The predicted molar refractivity (Wildman–Crippen MR) is 102 cm³/mol. The fourth-order valence-electron chi connectivity index (χ4n) is 2.16. The van der Waals surface area contributed by atoms with Crippen LogP contribution in [0, 0.1) is 20.2 Å². The fraction of sp³-hybridized carbons (Fsp3) is 0.0625. The van der Waals surface area contributed by atoms with Crippen LogP contribution in [0.1, 0.15) is 5.56 Å². The maximum atomic E-state index is 11.2. The van der Waals surface area contributed by atoms with Gasteiger partial charge in [0.1, 0.15) is 5.75 Å². The van der Waals surface area contributed by atoms with Crippen LogP contribution in [-0.2, 0) is 4.79 Å². The summed E-state index contributed by atoms with van der Waals surface area (Å²) in [5.41, 5.74) is -0.328. The number of thioether (sulfide) groups is 1. The van der Waals surface area contributed by atoms with E-state index in [-0.39, 0.29) is 17.4 Å². The van der Waals surface area contributed by atoms with Gasteiger partial charge in [0.05, 0.1) is 27.9 Å². The van der Waals surface area contributed by atoms with Crippen molar-refractivity contribution < 1.29 is 19.4 Å². The highest BCUT2D eigenvalue weighted by atomic mass is 32.2. The smallest absolute Gasteiger partial charge is 0.318 e. The Morgan fingerprint density at radius 1 is 1.14 bits per heavy atom. The van der Waals surface area contributed by atoms with Gasteiger partial charge in [0.15, 0.2) is 5.17 Å². The van der Waals surface area contributed by atoms with Crippen LogP contribution < -0.4 is 10.1 Å². The van der Waals surface area contributed by atoms with Crippen LogP contribution in [-0.4, -0.2) is 32.9 Å². The first-order valence-electron chi connectivity index (χ1n) is 7.67. The number of ether oxygens (including phenoxy) is 1. The molecule has 2 aromatic carbocycles. The van der Waals surface area contributed by atoms with E-state index in [1.54, 1.807) is 24.3 Å². The average molecular weight is 401 g/mol. The second-order valence-corrected chi connectivity index (χ2v) is 6.29. The van der Waals surface area contributed by atoms with Crippen molar-refractivity contribution in [1.29, 1.82) is 0 Å². The topological polar surface area (TPSA) is 149 Å². The number of benzene rings is 2. The van der Waals surface area contributed by atoms with Crippen LogP contribution in [0.2, 0.25) is 0 Å². The molecule has 1 heterocycles. The monoisotopic (exact) mass is 401 g/mol. The second-order valence-electron chi connectivity index (χ2n) is 5.33. The Bertz CT molecular complexity index is 1020. The number of amides is 1. The van der Waals surface area contributed by atoms with E-state index in [4.69, 9.17) is 4.74 Å². The molecule has 1 saturated heterocycles. The van der Waals surface area contributed by atoms with Gasteiger partial charge < -0.3 is 10.1 Å². The number of nitrogens with zero attached hydrogens (tertiary/aromatic N) is 4. The number of nitrogens with one attached hydrogen (secondary N) is 1. The Labute approximate surface area is 161 Å². The number of nitro groups is 2. The molecule has 1 N–H and O–H groups in total. The van der Waals surface area contributed by atoms with Crippen molar-refractivity contribution in [3.63, 3.8) is 0 Å². The molecule has 12 heteroatoms. The third-order valence-corrected chi connectivity index (χ3v) is 4.24. The van der Waals surface area contributed by atoms with Crippen molar-refractivity contribution in [2.24, 2.45) is 10.2 Å². The number of nitro benzene ring substituents is 2. The fourth-order valence-corrected chi connectivity index (χ4v) is 2.79. The number of hydrogen-bond acceptors (Lipinski definition) is 9. The summed E-state index contributed by atoms with van der Waals surface area (Å²) in [4.78, 5) is 31.6. The van der Waals surface area contributed by atoms with Gasteiger partial charge in [-0.15, -0.1) is 5.10 Å². The molecule has 0 radical (unpaired) electrons. The Balaban J connectivity index is 1.78. The van der Waals surface area contributed by atoms with Crippen molar-refractivity contribution in [3.05, 3.63) is 68.3 Å². The van der Waals surface area contributed by atoms with Crippen molar-refractivity contribution in [2.45, 2.75) is 0 Å². The van der Waals surface area contributed by atoms with Crippen LogP contribution in [0.4, 0.5) is 11.4 Å². The van der Waals surface area contributed by atoms with E-state index in [2.05, 4.69) is 15.5 Å². The summed E-state index contributed by atoms with van der Waals surface area (Å²) in [6, 6.07) is 9.62. The van der Waals surface area contributed by atoms with Crippen LogP contribution >= 0.6 is 11.8 Å². The summed E-state index contributed by atoms with van der Waals surface area (Å²) in [5.74, 6) is 0.303. The minimum Gasteiger partial charge on any atom is -0.450 e. The molecule has 2 aromatic rings. The van der Waals surface area contributed by atoms with Gasteiger partial charge in [-0.05, 0) is 23.8 Å². The molecule has 1 amide bonds. The zero-order valence-corrected chi connectivity index (χ0v) is 14.8. The first kappa shape index (κ1) is 19.0. The number of amidine groups is 1. The number of carbonyl (C=O) groups excluding carboxylic acids is 1. The molecule has 0 aromatic heterocycles. The molecule has 3 rings (SSSR count). The minimum absolute atomic E-state index is 0.130. The normalized spacial score (nSPS) is 15.0. The van der Waals surface area contributed by atoms with Gasteiger partial charge in [0.25, 0.3) is 5.69 Å². The zero-order chi connectivity index (χ0) is 20.1. The highest BCUT2D eigenvalue weighted by molar-refractivity contribution is 8.15. The molecule has 142 valence electrons. The summed E-state index contributed by atoms with van der Waals surface area (Å²) in [5, 5.41) is 32.7.